The molecule has 0 aliphatic heterocycles. The lowest BCUT2D eigenvalue weighted by Crippen LogP contribution is -2.11. The second-order valence-corrected chi connectivity index (χ2v) is 11.4. The quantitative estimate of drug-likeness (QED) is 0.469. The summed E-state index contributed by atoms with van der Waals surface area (Å²) in [6.07, 6.45) is 1.01. The third-order valence-corrected chi connectivity index (χ3v) is 8.97. The molecule has 0 saturated heterocycles. The normalized spacial score (nSPS) is 12.2. The van der Waals surface area contributed by atoms with Crippen molar-refractivity contribution in [3.63, 3.8) is 0 Å². The molecule has 8 nitrogen and oxygen atoms in total. The monoisotopic (exact) mass is 460 g/mol. The van der Waals surface area contributed by atoms with Gasteiger partial charge in [0.25, 0.3) is 0 Å². The van der Waals surface area contributed by atoms with Crippen molar-refractivity contribution < 1.29 is 16.8 Å². The van der Waals surface area contributed by atoms with Gasteiger partial charge in [-0.25, -0.2) is 16.8 Å². The molecule has 154 valence electrons. The summed E-state index contributed by atoms with van der Waals surface area (Å²) in [5.74, 6) is -0.479. The number of aromatic amines is 1. The van der Waals surface area contributed by atoms with Crippen LogP contribution in [0.25, 0.3) is 10.6 Å². The molecule has 0 aliphatic carbocycles. The molecular formula is C19H16N4O4S3. The zero-order valence-electron chi connectivity index (χ0n) is 15.7. The zero-order valence-corrected chi connectivity index (χ0v) is 18.1. The summed E-state index contributed by atoms with van der Waals surface area (Å²) in [6, 6.07) is 15.2. The minimum atomic E-state index is -4.07. The molecule has 0 unspecified atom stereocenters. The van der Waals surface area contributed by atoms with Crippen LogP contribution in [0, 0.1) is 6.92 Å². The Hall–Kier alpha value is -2.89. The molecule has 0 fully saturated rings. The van der Waals surface area contributed by atoms with E-state index in [0.717, 1.165) is 28.7 Å². The van der Waals surface area contributed by atoms with E-state index in [1.165, 1.54) is 12.1 Å². The fraction of sp³-hybridized carbons (Fsp3) is 0.105. The van der Waals surface area contributed by atoms with Crippen LogP contribution in [0.2, 0.25) is 0 Å². The zero-order chi connectivity index (χ0) is 21.4. The molecule has 0 saturated carbocycles. The van der Waals surface area contributed by atoms with Crippen molar-refractivity contribution in [2.45, 2.75) is 27.5 Å². The summed E-state index contributed by atoms with van der Waals surface area (Å²) in [7, 11) is -8.11. The Balaban J connectivity index is 1.65. The lowest BCUT2D eigenvalue weighted by Gasteiger charge is -2.05. The first-order valence-corrected chi connectivity index (χ1v) is 12.7. The highest BCUT2D eigenvalue weighted by Gasteiger charge is 2.31. The molecule has 0 amide bonds. The summed E-state index contributed by atoms with van der Waals surface area (Å²) in [6.45, 7) is 1.97. The SMILES string of the molecule is Cc1ccc(-c2nnc(CS(=O)(=O)c3cn[nH]c3S(=O)(=O)c3ccccc3)s2)cc1. The molecule has 1 N–H and O–H groups in total. The van der Waals surface area contributed by atoms with Crippen LogP contribution in [0.15, 0.2) is 75.6 Å². The minimum absolute atomic E-state index is 0.0247. The number of nitrogens with zero attached hydrogens (tertiary/aromatic N) is 3. The third-order valence-electron chi connectivity index (χ3n) is 4.31. The van der Waals surface area contributed by atoms with Gasteiger partial charge in [0.05, 0.1) is 11.1 Å². The summed E-state index contributed by atoms with van der Waals surface area (Å²) < 4.78 is 51.7. The first-order valence-electron chi connectivity index (χ1n) is 8.73. The van der Waals surface area contributed by atoms with Gasteiger partial charge in [0.2, 0.25) is 9.84 Å². The van der Waals surface area contributed by atoms with E-state index in [-0.39, 0.29) is 9.90 Å². The maximum atomic E-state index is 13.0. The number of benzene rings is 2. The highest BCUT2D eigenvalue weighted by Crippen LogP contribution is 2.29. The first-order chi connectivity index (χ1) is 14.3. The van der Waals surface area contributed by atoms with Gasteiger partial charge in [0, 0.05) is 5.56 Å². The first kappa shape index (κ1) is 20.4. The number of sulfone groups is 2. The smallest absolute Gasteiger partial charge is 0.224 e. The molecule has 0 radical (unpaired) electrons. The van der Waals surface area contributed by atoms with E-state index >= 15 is 0 Å². The van der Waals surface area contributed by atoms with Gasteiger partial charge in [0.15, 0.2) is 14.9 Å². The number of hydrogen-bond donors (Lipinski definition) is 1. The Morgan fingerprint density at radius 3 is 2.33 bits per heavy atom. The fourth-order valence-corrected chi connectivity index (χ4v) is 7.13. The Morgan fingerprint density at radius 1 is 0.933 bits per heavy atom. The third kappa shape index (κ3) is 3.91. The predicted octanol–water partition coefficient (Wildman–Crippen LogP) is 3.04. The van der Waals surface area contributed by atoms with E-state index < -0.39 is 35.3 Å². The van der Waals surface area contributed by atoms with Gasteiger partial charge >= 0.3 is 0 Å². The molecule has 0 spiro atoms. The standard InChI is InChI=1S/C19H16N4O4S3/c1-13-7-9-14(10-8-13)18-22-21-17(28-18)12-29(24,25)16-11-20-23-19(16)30(26,27)15-5-3-2-4-6-15/h2-11H,12H2,1H3,(H,20,23). The van der Waals surface area contributed by atoms with Crippen LogP contribution in [0.1, 0.15) is 10.6 Å². The lowest BCUT2D eigenvalue weighted by molar-refractivity contribution is 0.579. The van der Waals surface area contributed by atoms with E-state index in [9.17, 15) is 16.8 Å². The topological polar surface area (TPSA) is 123 Å². The van der Waals surface area contributed by atoms with Crippen molar-refractivity contribution in [3.05, 3.63) is 71.4 Å². The Bertz CT molecular complexity index is 1390. The largest absolute Gasteiger partial charge is 0.266 e. The number of rotatable bonds is 6. The van der Waals surface area contributed by atoms with Crippen LogP contribution in [-0.2, 0) is 25.4 Å². The maximum Gasteiger partial charge on any atom is 0.224 e. The van der Waals surface area contributed by atoms with Gasteiger partial charge < -0.3 is 0 Å². The molecule has 4 rings (SSSR count). The molecule has 0 aliphatic rings. The van der Waals surface area contributed by atoms with Crippen LogP contribution in [0.5, 0.6) is 0 Å². The second kappa shape index (κ2) is 7.74. The fourth-order valence-electron chi connectivity index (χ4n) is 2.76. The number of H-pyrrole nitrogens is 1. The van der Waals surface area contributed by atoms with Crippen LogP contribution in [0.4, 0.5) is 0 Å². The molecule has 30 heavy (non-hydrogen) atoms. The number of aryl methyl sites for hydroxylation is 1. The van der Waals surface area contributed by atoms with Crippen molar-refractivity contribution in [3.8, 4) is 10.6 Å². The van der Waals surface area contributed by atoms with E-state index in [1.807, 2.05) is 31.2 Å². The summed E-state index contributed by atoms with van der Waals surface area (Å²) in [5, 5.41) is 14.4. The van der Waals surface area contributed by atoms with Crippen LogP contribution in [-0.4, -0.2) is 37.2 Å². The van der Waals surface area contributed by atoms with E-state index in [2.05, 4.69) is 20.4 Å². The van der Waals surface area contributed by atoms with Gasteiger partial charge in [-0.2, -0.15) is 5.10 Å². The number of hydrogen-bond acceptors (Lipinski definition) is 8. The molecular weight excluding hydrogens is 444 g/mol. The van der Waals surface area contributed by atoms with E-state index in [1.54, 1.807) is 18.2 Å². The van der Waals surface area contributed by atoms with E-state index in [0.29, 0.717) is 5.01 Å². The molecule has 2 aromatic carbocycles. The van der Waals surface area contributed by atoms with Crippen molar-refractivity contribution >= 4 is 31.0 Å². The molecule has 2 heterocycles. The minimum Gasteiger partial charge on any atom is -0.266 e. The Kier molecular flexibility index (Phi) is 5.26. The number of nitrogens with one attached hydrogen (secondary N) is 1. The lowest BCUT2D eigenvalue weighted by atomic mass is 10.2. The van der Waals surface area contributed by atoms with E-state index in [4.69, 9.17) is 0 Å². The van der Waals surface area contributed by atoms with Crippen molar-refractivity contribution in [1.82, 2.24) is 20.4 Å². The average molecular weight is 461 g/mol. The van der Waals surface area contributed by atoms with Crippen LogP contribution >= 0.6 is 11.3 Å². The Labute approximate surface area is 177 Å². The van der Waals surface area contributed by atoms with Crippen LogP contribution in [0.3, 0.4) is 0 Å². The van der Waals surface area contributed by atoms with Gasteiger partial charge in [-0.05, 0) is 19.1 Å². The van der Waals surface area contributed by atoms with Crippen LogP contribution < -0.4 is 0 Å². The molecule has 2 aromatic heterocycles. The maximum absolute atomic E-state index is 13.0. The predicted molar refractivity (Wildman–Crippen MR) is 111 cm³/mol. The molecule has 4 aromatic rings. The van der Waals surface area contributed by atoms with Crippen molar-refractivity contribution in [2.75, 3.05) is 0 Å². The molecule has 0 atom stereocenters. The summed E-state index contributed by atoms with van der Waals surface area (Å²) >= 11 is 1.14. The molecule has 0 bridgehead atoms. The second-order valence-electron chi connectivity index (χ2n) is 6.51. The van der Waals surface area contributed by atoms with Crippen molar-refractivity contribution in [2.24, 2.45) is 0 Å². The highest BCUT2D eigenvalue weighted by atomic mass is 32.2. The average Bonchev–Trinajstić information content (AvgIpc) is 3.39. The summed E-state index contributed by atoms with van der Waals surface area (Å²) in [5.41, 5.74) is 1.93. The molecule has 11 heteroatoms. The van der Waals surface area contributed by atoms with Gasteiger partial charge in [-0.3, -0.25) is 5.10 Å². The Morgan fingerprint density at radius 2 is 1.63 bits per heavy atom. The highest BCUT2D eigenvalue weighted by molar-refractivity contribution is 7.94. The number of aromatic nitrogens is 4. The van der Waals surface area contributed by atoms with Crippen molar-refractivity contribution in [1.29, 1.82) is 0 Å². The van der Waals surface area contributed by atoms with Gasteiger partial charge in [-0.15, -0.1) is 10.2 Å². The van der Waals surface area contributed by atoms with Gasteiger partial charge in [0.1, 0.15) is 20.7 Å². The summed E-state index contributed by atoms with van der Waals surface area (Å²) in [4.78, 5) is -0.415. The van der Waals surface area contributed by atoms with Gasteiger partial charge in [-0.1, -0.05) is 59.4 Å².